The van der Waals surface area contributed by atoms with Crippen LogP contribution in [-0.2, 0) is 45.2 Å². The van der Waals surface area contributed by atoms with Crippen molar-refractivity contribution in [1.29, 1.82) is 0 Å². The Kier molecular flexibility index (Phi) is 20.1. The van der Waals surface area contributed by atoms with Crippen LogP contribution in [0.15, 0.2) is 115 Å². The van der Waals surface area contributed by atoms with Crippen molar-refractivity contribution in [3.05, 3.63) is 126 Å². The first-order chi connectivity index (χ1) is 35.7. The number of ether oxygens (including phenoxy) is 3. The number of rotatable bonds is 17. The summed E-state index contributed by atoms with van der Waals surface area (Å²) in [7, 11) is 0. The molecule has 1 aliphatic heterocycles. The van der Waals surface area contributed by atoms with Gasteiger partial charge in [0.1, 0.15) is 27.8 Å². The van der Waals surface area contributed by atoms with Gasteiger partial charge in [0.15, 0.2) is 5.13 Å². The number of thiazole rings is 1. The van der Waals surface area contributed by atoms with Gasteiger partial charge >= 0.3 is 32.2 Å². The van der Waals surface area contributed by atoms with Gasteiger partial charge in [-0.1, -0.05) is 142 Å². The zero-order valence-corrected chi connectivity index (χ0v) is 49.6. The van der Waals surface area contributed by atoms with Gasteiger partial charge in [-0.3, -0.25) is 10.1 Å². The first-order valence-electron chi connectivity index (χ1n) is 26.2. The van der Waals surface area contributed by atoms with Crippen molar-refractivity contribution in [2.75, 3.05) is 38.4 Å². The molecule has 1 aliphatic rings. The Balaban J connectivity index is 0.000000188. The van der Waals surface area contributed by atoms with Crippen molar-refractivity contribution in [3.63, 3.8) is 0 Å². The number of nitrogens with one attached hydrogen (secondary N) is 1. The third-order valence-electron chi connectivity index (χ3n) is 12.9. The zero-order valence-electron chi connectivity index (χ0n) is 46.4. The molecule has 12 nitrogen and oxygen atoms in total. The number of nitrogens with zero attached hydrogens (tertiary/aromatic N) is 7. The van der Waals surface area contributed by atoms with Crippen molar-refractivity contribution in [2.45, 2.75) is 132 Å². The molecule has 9 rings (SSSR count). The number of benzene rings is 5. The summed E-state index contributed by atoms with van der Waals surface area (Å²) < 4.78 is 54.3. The summed E-state index contributed by atoms with van der Waals surface area (Å²) in [6.45, 7) is 28.8. The van der Waals surface area contributed by atoms with Crippen LogP contribution in [0.3, 0.4) is 0 Å². The number of fused-ring (bicyclic) bond motifs is 3. The summed E-state index contributed by atoms with van der Waals surface area (Å²) in [6.07, 6.45) is 1.31. The molecule has 1 saturated heterocycles. The van der Waals surface area contributed by atoms with Crippen LogP contribution in [0.4, 0.5) is 18.3 Å². The van der Waals surface area contributed by atoms with E-state index in [0.717, 1.165) is 110 Å². The molecule has 0 spiro atoms. The molecular weight excluding hydrogens is 1180 g/mol. The first-order valence-corrected chi connectivity index (χ1v) is 27.0. The Morgan fingerprint density at radius 2 is 1.09 bits per heavy atom. The molecule has 412 valence electrons. The maximum Gasteiger partial charge on any atom is 3.00 e. The second-order valence-corrected chi connectivity index (χ2v) is 25.0. The average Bonchev–Trinajstić information content (AvgIpc) is 4.09. The molecule has 3 aromatic heterocycles. The van der Waals surface area contributed by atoms with Crippen LogP contribution in [0.5, 0.6) is 5.75 Å². The van der Waals surface area contributed by atoms with E-state index in [1.807, 2.05) is 48.5 Å². The molecule has 5 aromatic carbocycles. The molecule has 0 unspecified atom stereocenters. The molecule has 17 heteroatoms. The number of hydrogen-bond donors (Lipinski definition) is 1. The van der Waals surface area contributed by atoms with Crippen LogP contribution in [0, 0.1) is 16.2 Å². The summed E-state index contributed by atoms with van der Waals surface area (Å²) in [4.78, 5) is 18.5. The van der Waals surface area contributed by atoms with Gasteiger partial charge < -0.3 is 14.2 Å². The van der Waals surface area contributed by atoms with E-state index < -0.39 is 12.1 Å². The third-order valence-corrected chi connectivity index (χ3v) is 13.8. The van der Waals surface area contributed by atoms with Gasteiger partial charge in [-0.25, -0.2) is 4.98 Å². The number of aromatic nitrogens is 7. The van der Waals surface area contributed by atoms with E-state index in [1.54, 1.807) is 33.1 Å². The monoisotopic (exact) mass is 1250 g/mol. The van der Waals surface area contributed by atoms with Gasteiger partial charge in [0.2, 0.25) is 0 Å². The van der Waals surface area contributed by atoms with Crippen molar-refractivity contribution in [2.24, 2.45) is 16.2 Å². The van der Waals surface area contributed by atoms with Gasteiger partial charge in [-0.2, -0.15) is 22.8 Å². The van der Waals surface area contributed by atoms with Crippen molar-refractivity contribution in [1.82, 2.24) is 35.0 Å². The SMILES string of the molecule is CC(C)(C)CC(C)(C)c1cccc(-n2nc3ccccc3n2)c1.CC(C)(C)CC(C)(C)c1cccc(-n2nc3ccccc3n2)c1.CC1(COCCCCCCOc2ccc3nc(NC(=O)C(F)(F)F)sc3c2)COC1.[Ir+3]. The fourth-order valence-corrected chi connectivity index (χ4v) is 10.7. The maximum absolute atomic E-state index is 12.3. The average molecular weight is 1250 g/mol. The molecule has 4 heterocycles. The van der Waals surface area contributed by atoms with Crippen LogP contribution in [0.1, 0.15) is 126 Å². The number of carbonyl (C=O) groups excluding carboxylic acids is 1. The predicted molar refractivity (Wildman–Crippen MR) is 300 cm³/mol. The molecule has 0 atom stereocenters. The molecule has 1 amide bonds. The second kappa shape index (κ2) is 25.5. The van der Waals surface area contributed by atoms with Crippen molar-refractivity contribution < 1.29 is 52.3 Å². The third kappa shape index (κ3) is 17.7. The number of hydrogen-bond acceptors (Lipinski definition) is 10. The number of halogens is 3. The fourth-order valence-electron chi connectivity index (χ4n) is 9.83. The molecule has 0 radical (unpaired) electrons. The van der Waals surface area contributed by atoms with Crippen molar-refractivity contribution in [3.8, 4) is 17.1 Å². The number of unbranched alkanes of at least 4 members (excludes halogenated alkanes) is 3. The van der Waals surface area contributed by atoms with Crippen LogP contribution >= 0.6 is 11.3 Å². The number of amides is 1. The minimum Gasteiger partial charge on any atom is -0.494 e. The molecule has 0 bridgehead atoms. The molecule has 0 aliphatic carbocycles. The summed E-state index contributed by atoms with van der Waals surface area (Å²) in [6, 6.07) is 38.2. The quantitative estimate of drug-likeness (QED) is 0.0885. The van der Waals surface area contributed by atoms with E-state index in [0.29, 0.717) is 22.6 Å². The Hall–Kier alpha value is -5.58. The van der Waals surface area contributed by atoms with Gasteiger partial charge in [-0.15, -0.1) is 20.4 Å². The topological polar surface area (TPSA) is 131 Å². The minimum absolute atomic E-state index is 0. The number of carbonyl (C=O) groups is 1. The Labute approximate surface area is 469 Å². The molecule has 0 saturated carbocycles. The number of anilines is 1. The van der Waals surface area contributed by atoms with Gasteiger partial charge in [0.05, 0.1) is 48.0 Å². The van der Waals surface area contributed by atoms with E-state index in [9.17, 15) is 18.0 Å². The molecular formula is C60H75F3IrN8O4S+3. The van der Waals surface area contributed by atoms with Crippen LogP contribution in [0.25, 0.3) is 43.7 Å². The van der Waals surface area contributed by atoms with Crippen LogP contribution in [-0.4, -0.2) is 80.1 Å². The maximum atomic E-state index is 12.3. The van der Waals surface area contributed by atoms with Crippen LogP contribution < -0.4 is 10.1 Å². The second-order valence-electron chi connectivity index (χ2n) is 24.0. The van der Waals surface area contributed by atoms with Gasteiger partial charge in [-0.05, 0) is 132 Å². The standard InChI is InChI=1S/C20H25F3N2O4S.2C20H25N3.Ir/c1-19(12-28-13-19)11-27-8-4-2-3-5-9-29-14-6-7-15-16(10-14)30-18(24-15)25-17(26)20(21,22)23;2*1-19(2,3)14-20(4,5)15-9-8-10-16(13-15)23-21-17-11-6-7-12-18(17)22-23;/h6-7,10H,2-5,8-9,11-13H2,1H3,(H,24,25,26);2*6-13H,14H2,1-5H3;/q;;;+3. The summed E-state index contributed by atoms with van der Waals surface area (Å²) in [5.74, 6) is -1.41. The Bertz CT molecular complexity index is 2980. The molecule has 1 N–H and O–H groups in total. The number of alkyl halides is 3. The van der Waals surface area contributed by atoms with Gasteiger partial charge in [0, 0.05) is 12.0 Å². The smallest absolute Gasteiger partial charge is 0.494 e. The van der Waals surface area contributed by atoms with E-state index in [2.05, 4.69) is 150 Å². The molecule has 77 heavy (non-hydrogen) atoms. The van der Waals surface area contributed by atoms with E-state index in [1.165, 1.54) is 11.1 Å². The van der Waals surface area contributed by atoms with Crippen molar-refractivity contribution >= 4 is 54.7 Å². The first kappa shape index (κ1) is 60.6. The largest absolute Gasteiger partial charge is 3.00 e. The summed E-state index contributed by atoms with van der Waals surface area (Å²) in [5, 5.41) is 20.0. The summed E-state index contributed by atoms with van der Waals surface area (Å²) in [5.41, 5.74) is 9.87. The van der Waals surface area contributed by atoms with E-state index in [-0.39, 0.29) is 52.3 Å². The summed E-state index contributed by atoms with van der Waals surface area (Å²) >= 11 is 0.973. The molecule has 1 fully saturated rings. The predicted octanol–water partition coefficient (Wildman–Crippen LogP) is 15.1. The zero-order chi connectivity index (χ0) is 54.9. The minimum atomic E-state index is -4.94. The normalized spacial score (nSPS) is 13.7. The fraction of sp³-hybridized carbons (Fsp3) is 0.467. The van der Waals surface area contributed by atoms with E-state index >= 15 is 0 Å². The Morgan fingerprint density at radius 1 is 0.623 bits per heavy atom. The van der Waals surface area contributed by atoms with Gasteiger partial charge in [0.25, 0.3) is 0 Å². The van der Waals surface area contributed by atoms with E-state index in [4.69, 9.17) is 14.2 Å². The van der Waals surface area contributed by atoms with Crippen LogP contribution in [0.2, 0.25) is 0 Å². The molecule has 8 aromatic rings. The Morgan fingerprint density at radius 3 is 1.52 bits per heavy atom.